The Hall–Kier alpha value is -2.06. The Morgan fingerprint density at radius 2 is 2.20 bits per heavy atom. The van der Waals surface area contributed by atoms with Crippen LogP contribution in [0.5, 0.6) is 0 Å². The summed E-state index contributed by atoms with van der Waals surface area (Å²) in [5.74, 6) is -0.764. The van der Waals surface area contributed by atoms with E-state index in [2.05, 4.69) is 10.3 Å². The maximum absolute atomic E-state index is 11.5. The van der Waals surface area contributed by atoms with Gasteiger partial charge in [0.15, 0.2) is 0 Å². The number of amides is 1. The van der Waals surface area contributed by atoms with Gasteiger partial charge in [0.1, 0.15) is 0 Å². The number of rotatable bonds is 1. The second-order valence-corrected chi connectivity index (χ2v) is 2.94. The third-order valence-corrected chi connectivity index (χ3v) is 1.86. The van der Waals surface area contributed by atoms with E-state index in [0.717, 1.165) is 0 Å². The van der Waals surface area contributed by atoms with E-state index in [0.29, 0.717) is 5.02 Å². The highest BCUT2D eigenvalue weighted by atomic mass is 35.5. The van der Waals surface area contributed by atoms with E-state index in [4.69, 9.17) is 22.6 Å². The largest absolute Gasteiger partial charge is 0.369 e. The number of nitrogens with one attached hydrogen (secondary N) is 1. The first kappa shape index (κ1) is 11.0. The van der Waals surface area contributed by atoms with Gasteiger partial charge in [-0.1, -0.05) is 23.7 Å². The van der Waals surface area contributed by atoms with Crippen molar-refractivity contribution in [2.24, 2.45) is 10.7 Å². The lowest BCUT2D eigenvalue weighted by atomic mass is 10.2. The molecular weight excluding hydrogens is 216 g/mol. The van der Waals surface area contributed by atoms with Gasteiger partial charge in [-0.15, -0.1) is 4.99 Å². The summed E-state index contributed by atoms with van der Waals surface area (Å²) < 4.78 is 0. The minimum Gasteiger partial charge on any atom is -0.369 e. The average molecular weight is 223 g/mol. The molecule has 0 aliphatic heterocycles. The number of guanidine groups is 1. The van der Waals surface area contributed by atoms with Crippen molar-refractivity contribution >= 4 is 23.5 Å². The lowest BCUT2D eigenvalue weighted by molar-refractivity contribution is 0.0977. The van der Waals surface area contributed by atoms with Gasteiger partial charge in [0.2, 0.25) is 12.2 Å². The smallest absolute Gasteiger partial charge is 0.259 e. The van der Waals surface area contributed by atoms with Crippen LogP contribution in [0.3, 0.4) is 0 Å². The highest BCUT2D eigenvalue weighted by Gasteiger charge is 2.09. The lowest BCUT2D eigenvalue weighted by Gasteiger charge is -2.03. The van der Waals surface area contributed by atoms with E-state index in [-0.39, 0.29) is 11.5 Å². The molecule has 0 bridgehead atoms. The van der Waals surface area contributed by atoms with Crippen molar-refractivity contribution in [3.8, 4) is 6.19 Å². The standard InChI is InChI=1S/C9H7ClN4O/c10-7-4-2-1-3-6(7)8(15)14-9(12)13-5-11/h1-4H,(H3,12,13,14,15). The van der Waals surface area contributed by atoms with Crippen LogP contribution < -0.4 is 11.1 Å². The summed E-state index contributed by atoms with van der Waals surface area (Å²) in [6.07, 6.45) is 1.45. The Balaban J connectivity index is 2.84. The number of nitrogens with zero attached hydrogens (tertiary/aromatic N) is 2. The highest BCUT2D eigenvalue weighted by Crippen LogP contribution is 2.14. The van der Waals surface area contributed by atoms with Crippen LogP contribution in [0.25, 0.3) is 0 Å². The number of halogens is 1. The van der Waals surface area contributed by atoms with Crippen LogP contribution in [-0.4, -0.2) is 11.9 Å². The molecule has 0 radical (unpaired) electrons. The summed E-state index contributed by atoms with van der Waals surface area (Å²) in [6.45, 7) is 0. The number of nitriles is 1. The summed E-state index contributed by atoms with van der Waals surface area (Å²) in [7, 11) is 0. The van der Waals surface area contributed by atoms with Crippen LogP contribution in [0.4, 0.5) is 0 Å². The Morgan fingerprint density at radius 1 is 1.53 bits per heavy atom. The maximum Gasteiger partial charge on any atom is 0.259 e. The first-order valence-corrected chi connectivity index (χ1v) is 4.31. The molecule has 0 atom stereocenters. The zero-order chi connectivity index (χ0) is 11.3. The molecule has 1 aromatic carbocycles. The number of carbonyl (C=O) groups excluding carboxylic acids is 1. The zero-order valence-corrected chi connectivity index (χ0v) is 8.32. The number of hydrogen-bond acceptors (Lipinski definition) is 3. The predicted octanol–water partition coefficient (Wildman–Crippen LogP) is 0.866. The Kier molecular flexibility index (Phi) is 3.66. The fourth-order valence-electron chi connectivity index (χ4n) is 0.911. The average Bonchev–Trinajstić information content (AvgIpc) is 2.18. The van der Waals surface area contributed by atoms with E-state index >= 15 is 0 Å². The number of benzene rings is 1. The van der Waals surface area contributed by atoms with Crippen LogP contribution in [0.15, 0.2) is 29.3 Å². The van der Waals surface area contributed by atoms with E-state index < -0.39 is 5.91 Å². The maximum atomic E-state index is 11.5. The van der Waals surface area contributed by atoms with Crippen molar-refractivity contribution in [1.82, 2.24) is 5.32 Å². The van der Waals surface area contributed by atoms with Gasteiger partial charge in [0, 0.05) is 0 Å². The van der Waals surface area contributed by atoms with Crippen LogP contribution in [0.2, 0.25) is 5.02 Å². The molecule has 0 saturated carbocycles. The summed E-state index contributed by atoms with van der Waals surface area (Å²) in [4.78, 5) is 14.6. The minimum atomic E-state index is -0.503. The molecule has 15 heavy (non-hydrogen) atoms. The summed E-state index contributed by atoms with van der Waals surface area (Å²) in [6, 6.07) is 6.48. The van der Waals surface area contributed by atoms with E-state index in [1.807, 2.05) is 0 Å². The topological polar surface area (TPSA) is 91.3 Å². The number of aliphatic imine (C=N–C) groups is 1. The fourth-order valence-corrected chi connectivity index (χ4v) is 1.13. The van der Waals surface area contributed by atoms with Gasteiger partial charge in [-0.3, -0.25) is 10.1 Å². The molecule has 1 rings (SSSR count). The summed E-state index contributed by atoms with van der Waals surface area (Å²) in [5.41, 5.74) is 5.50. The molecule has 0 fully saturated rings. The highest BCUT2D eigenvalue weighted by molar-refractivity contribution is 6.34. The summed E-state index contributed by atoms with van der Waals surface area (Å²) in [5, 5.41) is 10.7. The predicted molar refractivity (Wildman–Crippen MR) is 56.2 cm³/mol. The van der Waals surface area contributed by atoms with Gasteiger partial charge in [-0.05, 0) is 12.1 Å². The molecule has 0 unspecified atom stereocenters. The van der Waals surface area contributed by atoms with Crippen molar-refractivity contribution in [1.29, 1.82) is 5.26 Å². The van der Waals surface area contributed by atoms with Crippen molar-refractivity contribution in [3.63, 3.8) is 0 Å². The van der Waals surface area contributed by atoms with Crippen LogP contribution in [-0.2, 0) is 0 Å². The van der Waals surface area contributed by atoms with E-state index in [1.165, 1.54) is 12.3 Å². The Morgan fingerprint density at radius 3 is 2.80 bits per heavy atom. The molecule has 0 aliphatic rings. The fraction of sp³-hybridized carbons (Fsp3) is 0. The van der Waals surface area contributed by atoms with Crippen molar-refractivity contribution in [2.45, 2.75) is 0 Å². The zero-order valence-electron chi connectivity index (χ0n) is 7.57. The SMILES string of the molecule is N#CN=C(N)NC(=O)c1ccccc1Cl. The molecule has 1 aromatic rings. The van der Waals surface area contributed by atoms with Gasteiger partial charge in [-0.2, -0.15) is 5.26 Å². The molecule has 1 amide bonds. The van der Waals surface area contributed by atoms with Crippen LogP contribution in [0, 0.1) is 11.5 Å². The van der Waals surface area contributed by atoms with Gasteiger partial charge >= 0.3 is 0 Å². The molecule has 5 nitrogen and oxygen atoms in total. The molecule has 0 heterocycles. The Bertz CT molecular complexity index is 450. The first-order valence-electron chi connectivity index (χ1n) is 3.93. The second kappa shape index (κ2) is 4.98. The lowest BCUT2D eigenvalue weighted by Crippen LogP contribution is -2.36. The molecule has 6 heteroatoms. The molecule has 0 saturated heterocycles. The van der Waals surface area contributed by atoms with E-state index in [1.54, 1.807) is 18.2 Å². The van der Waals surface area contributed by atoms with Gasteiger partial charge in [0.25, 0.3) is 5.91 Å². The van der Waals surface area contributed by atoms with E-state index in [9.17, 15) is 4.79 Å². The van der Waals surface area contributed by atoms with Crippen molar-refractivity contribution < 1.29 is 4.79 Å². The third-order valence-electron chi connectivity index (χ3n) is 1.53. The number of nitrogens with two attached hydrogens (primary N) is 1. The van der Waals surface area contributed by atoms with Gasteiger partial charge in [-0.25, -0.2) is 0 Å². The third kappa shape index (κ3) is 2.97. The molecule has 0 spiro atoms. The molecule has 76 valence electrons. The molecule has 0 aromatic heterocycles. The van der Waals surface area contributed by atoms with Gasteiger partial charge < -0.3 is 5.73 Å². The number of hydrogen-bond donors (Lipinski definition) is 2. The molecule has 0 aliphatic carbocycles. The van der Waals surface area contributed by atoms with Crippen LogP contribution >= 0.6 is 11.6 Å². The monoisotopic (exact) mass is 222 g/mol. The minimum absolute atomic E-state index is 0.262. The second-order valence-electron chi connectivity index (χ2n) is 2.53. The number of carbonyl (C=O) groups is 1. The Labute approximate surface area is 91.2 Å². The normalized spacial score (nSPS) is 10.5. The molecular formula is C9H7ClN4O. The van der Waals surface area contributed by atoms with Gasteiger partial charge in [0.05, 0.1) is 10.6 Å². The summed E-state index contributed by atoms with van der Waals surface area (Å²) >= 11 is 5.77. The molecule has 3 N–H and O–H groups in total. The van der Waals surface area contributed by atoms with Crippen LogP contribution in [0.1, 0.15) is 10.4 Å². The first-order chi connectivity index (χ1) is 7.15. The van der Waals surface area contributed by atoms with Crippen molar-refractivity contribution in [2.75, 3.05) is 0 Å². The quantitative estimate of drug-likeness (QED) is 0.420. The van der Waals surface area contributed by atoms with Crippen molar-refractivity contribution in [3.05, 3.63) is 34.9 Å².